The summed E-state index contributed by atoms with van der Waals surface area (Å²) in [7, 11) is 0. The topological polar surface area (TPSA) is 75.9 Å². The SMILES string of the molecule is NC[C@H]1CC[C@@H](C(=O)N2CCN(C(=O)c3ccc(F)cc3)CC2)O1. The number of hydrogen-bond acceptors (Lipinski definition) is 4. The number of benzene rings is 1. The molecular formula is C17H22FN3O3. The number of nitrogens with two attached hydrogens (primary N) is 1. The van der Waals surface area contributed by atoms with E-state index in [0.29, 0.717) is 44.7 Å². The molecule has 2 aliphatic heterocycles. The van der Waals surface area contributed by atoms with Crippen LogP contribution in [0.4, 0.5) is 4.39 Å². The average Bonchev–Trinajstić information content (AvgIpc) is 3.10. The first-order valence-electron chi connectivity index (χ1n) is 8.27. The first-order chi connectivity index (χ1) is 11.6. The van der Waals surface area contributed by atoms with E-state index < -0.39 is 6.10 Å². The number of carbonyl (C=O) groups is 2. The lowest BCUT2D eigenvalue weighted by molar-refractivity contribution is -0.144. The molecule has 0 radical (unpaired) electrons. The molecule has 2 atom stereocenters. The molecule has 6 nitrogen and oxygen atoms in total. The molecule has 0 aliphatic carbocycles. The highest BCUT2D eigenvalue weighted by molar-refractivity contribution is 5.94. The predicted molar refractivity (Wildman–Crippen MR) is 85.8 cm³/mol. The Bertz CT molecular complexity index is 600. The zero-order chi connectivity index (χ0) is 17.1. The summed E-state index contributed by atoms with van der Waals surface area (Å²) in [5.74, 6) is -0.517. The summed E-state index contributed by atoms with van der Waals surface area (Å²) in [5.41, 5.74) is 6.03. The van der Waals surface area contributed by atoms with Crippen LogP contribution in [0, 0.1) is 5.82 Å². The molecule has 2 fully saturated rings. The smallest absolute Gasteiger partial charge is 0.253 e. The van der Waals surface area contributed by atoms with Crippen molar-refractivity contribution in [1.29, 1.82) is 0 Å². The van der Waals surface area contributed by atoms with Crippen molar-refractivity contribution >= 4 is 11.8 Å². The number of halogens is 1. The summed E-state index contributed by atoms with van der Waals surface area (Å²) in [6.45, 7) is 2.34. The molecule has 0 saturated carbocycles. The molecule has 0 unspecified atom stereocenters. The molecule has 2 amide bonds. The summed E-state index contributed by atoms with van der Waals surface area (Å²) >= 11 is 0. The summed E-state index contributed by atoms with van der Waals surface area (Å²) < 4.78 is 18.6. The van der Waals surface area contributed by atoms with E-state index in [1.54, 1.807) is 9.80 Å². The monoisotopic (exact) mass is 335 g/mol. The molecule has 130 valence electrons. The number of carbonyl (C=O) groups excluding carboxylic acids is 2. The Kier molecular flexibility index (Phi) is 5.11. The van der Waals surface area contributed by atoms with Crippen molar-refractivity contribution < 1.29 is 18.7 Å². The van der Waals surface area contributed by atoms with Crippen molar-refractivity contribution in [2.24, 2.45) is 5.73 Å². The third-order valence-electron chi connectivity index (χ3n) is 4.62. The van der Waals surface area contributed by atoms with E-state index in [-0.39, 0.29) is 23.7 Å². The fourth-order valence-electron chi connectivity index (χ4n) is 3.17. The Balaban J connectivity index is 1.53. The van der Waals surface area contributed by atoms with E-state index in [2.05, 4.69) is 0 Å². The maximum atomic E-state index is 12.9. The summed E-state index contributed by atoms with van der Waals surface area (Å²) in [6.07, 6.45) is 1.09. The number of rotatable bonds is 3. The zero-order valence-electron chi connectivity index (χ0n) is 13.5. The molecule has 1 aromatic rings. The Hall–Kier alpha value is -1.99. The largest absolute Gasteiger partial charge is 0.364 e. The fourth-order valence-corrected chi connectivity index (χ4v) is 3.17. The molecule has 0 aromatic heterocycles. The van der Waals surface area contributed by atoms with Gasteiger partial charge >= 0.3 is 0 Å². The van der Waals surface area contributed by atoms with Gasteiger partial charge in [0, 0.05) is 38.3 Å². The number of hydrogen-bond donors (Lipinski definition) is 1. The van der Waals surface area contributed by atoms with Crippen molar-refractivity contribution in [2.45, 2.75) is 25.0 Å². The van der Waals surface area contributed by atoms with Gasteiger partial charge in [-0.2, -0.15) is 0 Å². The van der Waals surface area contributed by atoms with Gasteiger partial charge in [-0.25, -0.2) is 4.39 Å². The predicted octanol–water partition coefficient (Wildman–Crippen LogP) is 0.616. The van der Waals surface area contributed by atoms with Gasteiger partial charge in [-0.3, -0.25) is 9.59 Å². The van der Waals surface area contributed by atoms with Crippen LogP contribution in [0.25, 0.3) is 0 Å². The van der Waals surface area contributed by atoms with Crippen LogP contribution in [-0.4, -0.2) is 66.5 Å². The normalized spacial score (nSPS) is 24.2. The van der Waals surface area contributed by atoms with E-state index >= 15 is 0 Å². The van der Waals surface area contributed by atoms with Crippen LogP contribution in [-0.2, 0) is 9.53 Å². The van der Waals surface area contributed by atoms with Crippen LogP contribution in [0.5, 0.6) is 0 Å². The highest BCUT2D eigenvalue weighted by atomic mass is 19.1. The van der Waals surface area contributed by atoms with Gasteiger partial charge in [0.25, 0.3) is 11.8 Å². The summed E-state index contributed by atoms with van der Waals surface area (Å²) in [4.78, 5) is 28.3. The van der Waals surface area contributed by atoms with Crippen LogP contribution < -0.4 is 5.73 Å². The lowest BCUT2D eigenvalue weighted by Crippen LogP contribution is -2.53. The molecule has 0 spiro atoms. The van der Waals surface area contributed by atoms with Crippen LogP contribution in [0.3, 0.4) is 0 Å². The van der Waals surface area contributed by atoms with E-state index in [9.17, 15) is 14.0 Å². The van der Waals surface area contributed by atoms with E-state index in [1.165, 1.54) is 24.3 Å². The Morgan fingerprint density at radius 3 is 2.29 bits per heavy atom. The zero-order valence-corrected chi connectivity index (χ0v) is 13.5. The Labute approximate surface area is 140 Å². The molecule has 2 heterocycles. The Morgan fingerprint density at radius 1 is 1.08 bits per heavy atom. The average molecular weight is 335 g/mol. The van der Waals surface area contributed by atoms with Crippen LogP contribution in [0.15, 0.2) is 24.3 Å². The van der Waals surface area contributed by atoms with Crippen LogP contribution in [0.1, 0.15) is 23.2 Å². The lowest BCUT2D eigenvalue weighted by Gasteiger charge is -2.35. The molecule has 3 rings (SSSR count). The third kappa shape index (κ3) is 3.57. The maximum Gasteiger partial charge on any atom is 0.253 e. The standard InChI is InChI=1S/C17H22FN3O3/c18-13-3-1-12(2-4-13)16(22)20-7-9-21(10-8-20)17(23)15-6-5-14(11-19)24-15/h1-4,14-15H,5-11,19H2/t14-,15+/m1/s1. The molecule has 1 aromatic carbocycles. The van der Waals surface area contributed by atoms with E-state index in [1.807, 2.05) is 0 Å². The molecule has 24 heavy (non-hydrogen) atoms. The van der Waals surface area contributed by atoms with E-state index in [4.69, 9.17) is 10.5 Å². The molecule has 2 aliphatic rings. The minimum Gasteiger partial charge on any atom is -0.364 e. The summed E-state index contributed by atoms with van der Waals surface area (Å²) in [5, 5.41) is 0. The van der Waals surface area contributed by atoms with Gasteiger partial charge in [-0.1, -0.05) is 0 Å². The molecule has 0 bridgehead atoms. The molecular weight excluding hydrogens is 313 g/mol. The highest BCUT2D eigenvalue weighted by Crippen LogP contribution is 2.21. The quantitative estimate of drug-likeness (QED) is 0.878. The lowest BCUT2D eigenvalue weighted by atomic mass is 10.1. The summed E-state index contributed by atoms with van der Waals surface area (Å²) in [6, 6.07) is 5.51. The van der Waals surface area contributed by atoms with Crippen molar-refractivity contribution in [3.8, 4) is 0 Å². The van der Waals surface area contributed by atoms with E-state index in [0.717, 1.165) is 6.42 Å². The van der Waals surface area contributed by atoms with Crippen molar-refractivity contribution in [2.75, 3.05) is 32.7 Å². The minimum absolute atomic E-state index is 0.0140. The van der Waals surface area contributed by atoms with Gasteiger partial charge < -0.3 is 20.3 Å². The second-order valence-corrected chi connectivity index (χ2v) is 6.18. The van der Waals surface area contributed by atoms with Gasteiger partial charge in [0.05, 0.1) is 6.10 Å². The minimum atomic E-state index is -0.405. The molecule has 2 saturated heterocycles. The number of nitrogens with zero attached hydrogens (tertiary/aromatic N) is 2. The fraction of sp³-hybridized carbons (Fsp3) is 0.529. The van der Waals surface area contributed by atoms with Gasteiger partial charge in [-0.15, -0.1) is 0 Å². The first-order valence-corrected chi connectivity index (χ1v) is 8.27. The van der Waals surface area contributed by atoms with Gasteiger partial charge in [0.2, 0.25) is 0 Å². The Morgan fingerprint density at radius 2 is 1.71 bits per heavy atom. The number of amides is 2. The second-order valence-electron chi connectivity index (χ2n) is 6.18. The van der Waals surface area contributed by atoms with Crippen molar-refractivity contribution in [3.63, 3.8) is 0 Å². The molecule has 2 N–H and O–H groups in total. The molecule has 7 heteroatoms. The van der Waals surface area contributed by atoms with Crippen molar-refractivity contribution in [3.05, 3.63) is 35.6 Å². The van der Waals surface area contributed by atoms with Gasteiger partial charge in [-0.05, 0) is 37.1 Å². The number of ether oxygens (including phenoxy) is 1. The maximum absolute atomic E-state index is 12.9. The van der Waals surface area contributed by atoms with Crippen LogP contribution >= 0.6 is 0 Å². The number of piperazine rings is 1. The van der Waals surface area contributed by atoms with Crippen LogP contribution in [0.2, 0.25) is 0 Å². The van der Waals surface area contributed by atoms with Crippen molar-refractivity contribution in [1.82, 2.24) is 9.80 Å². The van der Waals surface area contributed by atoms with Gasteiger partial charge in [0.15, 0.2) is 0 Å². The first kappa shape index (κ1) is 16.9. The highest BCUT2D eigenvalue weighted by Gasteiger charge is 2.34. The second kappa shape index (κ2) is 7.27. The van der Waals surface area contributed by atoms with Gasteiger partial charge in [0.1, 0.15) is 11.9 Å². The third-order valence-corrected chi connectivity index (χ3v) is 4.62.